The van der Waals surface area contributed by atoms with Crippen molar-refractivity contribution in [1.29, 1.82) is 0 Å². The molecule has 0 fully saturated rings. The summed E-state index contributed by atoms with van der Waals surface area (Å²) in [5.74, 6) is 1.18. The Bertz CT molecular complexity index is 1070. The number of anilines is 3. The first kappa shape index (κ1) is 15.1. The van der Waals surface area contributed by atoms with Crippen molar-refractivity contribution in [3.63, 3.8) is 0 Å². The predicted molar refractivity (Wildman–Crippen MR) is 100 cm³/mol. The fourth-order valence-corrected chi connectivity index (χ4v) is 2.76. The molecule has 4 aromatic rings. The van der Waals surface area contributed by atoms with Crippen LogP contribution in [-0.4, -0.2) is 19.5 Å². The van der Waals surface area contributed by atoms with Crippen LogP contribution in [0.1, 0.15) is 11.1 Å². The first-order chi connectivity index (χ1) is 12.1. The Labute approximate surface area is 145 Å². The van der Waals surface area contributed by atoms with E-state index in [-0.39, 0.29) is 0 Å². The number of imidazole rings is 1. The van der Waals surface area contributed by atoms with Crippen LogP contribution in [0.2, 0.25) is 0 Å². The number of hydrogen-bond donors (Lipinski definition) is 2. The van der Waals surface area contributed by atoms with Crippen LogP contribution in [0.4, 0.5) is 17.2 Å². The Morgan fingerprint density at radius 1 is 0.960 bits per heavy atom. The van der Waals surface area contributed by atoms with E-state index in [1.807, 2.05) is 34.9 Å². The third kappa shape index (κ3) is 2.67. The summed E-state index contributed by atoms with van der Waals surface area (Å²) in [5, 5.41) is 3.28. The molecule has 6 heteroatoms. The molecule has 3 N–H and O–H groups in total. The topological polar surface area (TPSA) is 81.7 Å². The van der Waals surface area contributed by atoms with Gasteiger partial charge in [-0.05, 0) is 49.2 Å². The van der Waals surface area contributed by atoms with Crippen molar-refractivity contribution in [2.45, 2.75) is 13.8 Å². The molecule has 0 radical (unpaired) electrons. The van der Waals surface area contributed by atoms with E-state index < -0.39 is 0 Å². The first-order valence-electron chi connectivity index (χ1n) is 8.00. The summed E-state index contributed by atoms with van der Waals surface area (Å²) in [6, 6.07) is 14.0. The Morgan fingerprint density at radius 3 is 2.64 bits per heavy atom. The molecule has 0 saturated heterocycles. The molecule has 6 nitrogen and oxygen atoms in total. The highest BCUT2D eigenvalue weighted by Gasteiger charge is 2.13. The Morgan fingerprint density at radius 2 is 1.80 bits per heavy atom. The molecule has 0 spiro atoms. The maximum Gasteiger partial charge on any atom is 0.167 e. The van der Waals surface area contributed by atoms with Crippen molar-refractivity contribution in [3.8, 4) is 5.82 Å². The molecular weight excluding hydrogens is 312 g/mol. The lowest BCUT2D eigenvalue weighted by Gasteiger charge is -2.13. The van der Waals surface area contributed by atoms with Gasteiger partial charge in [0.1, 0.15) is 18.3 Å². The molecule has 25 heavy (non-hydrogen) atoms. The summed E-state index contributed by atoms with van der Waals surface area (Å²) in [5.41, 5.74) is 12.1. The number of fused-ring (bicyclic) bond motifs is 1. The zero-order chi connectivity index (χ0) is 17.4. The van der Waals surface area contributed by atoms with Crippen molar-refractivity contribution in [2.24, 2.45) is 0 Å². The van der Waals surface area contributed by atoms with Crippen LogP contribution in [0.15, 0.2) is 55.1 Å². The summed E-state index contributed by atoms with van der Waals surface area (Å²) in [7, 11) is 0. The summed E-state index contributed by atoms with van der Waals surface area (Å²) in [6.45, 7) is 4.16. The third-order valence-corrected chi connectivity index (χ3v) is 4.31. The predicted octanol–water partition coefficient (Wildman–Crippen LogP) is 3.76. The normalized spacial score (nSPS) is 11.0. The van der Waals surface area contributed by atoms with E-state index in [0.29, 0.717) is 17.3 Å². The molecule has 4 rings (SSSR count). The van der Waals surface area contributed by atoms with Gasteiger partial charge in [0, 0.05) is 5.69 Å². The molecule has 0 bridgehead atoms. The standard InChI is InChI=1S/C19H18N6/c1-12-7-8-14(9-13(12)2)24-18-17(20)19(22-10-21-18)25-11-23-15-5-3-4-6-16(15)25/h3-11H,20H2,1-2H3,(H,21,22,24). The number of nitrogens with one attached hydrogen (secondary N) is 1. The highest BCUT2D eigenvalue weighted by Crippen LogP contribution is 2.27. The molecule has 2 heterocycles. The van der Waals surface area contributed by atoms with Gasteiger partial charge in [-0.25, -0.2) is 15.0 Å². The van der Waals surface area contributed by atoms with Gasteiger partial charge in [0.05, 0.1) is 11.0 Å². The molecule has 0 atom stereocenters. The van der Waals surface area contributed by atoms with Crippen LogP contribution >= 0.6 is 0 Å². The molecular formula is C19H18N6. The lowest BCUT2D eigenvalue weighted by molar-refractivity contribution is 1.00. The minimum absolute atomic E-state index is 0.476. The second kappa shape index (κ2) is 5.90. The molecule has 0 amide bonds. The largest absolute Gasteiger partial charge is 0.393 e. The lowest BCUT2D eigenvalue weighted by atomic mass is 10.1. The van der Waals surface area contributed by atoms with Crippen molar-refractivity contribution in [1.82, 2.24) is 19.5 Å². The van der Waals surface area contributed by atoms with E-state index in [1.165, 1.54) is 17.5 Å². The SMILES string of the molecule is Cc1ccc(Nc2ncnc(-n3cnc4ccccc43)c2N)cc1C. The van der Waals surface area contributed by atoms with Gasteiger partial charge in [-0.2, -0.15) is 0 Å². The highest BCUT2D eigenvalue weighted by molar-refractivity contribution is 5.81. The van der Waals surface area contributed by atoms with Gasteiger partial charge >= 0.3 is 0 Å². The van der Waals surface area contributed by atoms with Gasteiger partial charge < -0.3 is 11.1 Å². The van der Waals surface area contributed by atoms with Crippen LogP contribution < -0.4 is 11.1 Å². The van der Waals surface area contributed by atoms with Gasteiger partial charge in [-0.1, -0.05) is 18.2 Å². The maximum atomic E-state index is 6.35. The second-order valence-corrected chi connectivity index (χ2v) is 5.99. The van der Waals surface area contributed by atoms with Gasteiger partial charge in [0.2, 0.25) is 0 Å². The smallest absolute Gasteiger partial charge is 0.167 e. The Balaban J connectivity index is 1.76. The van der Waals surface area contributed by atoms with Crippen LogP contribution in [0.25, 0.3) is 16.9 Å². The Kier molecular flexibility index (Phi) is 3.57. The number of nitrogen functional groups attached to an aromatic ring is 1. The van der Waals surface area contributed by atoms with E-state index in [9.17, 15) is 0 Å². The lowest BCUT2D eigenvalue weighted by Crippen LogP contribution is -2.07. The van der Waals surface area contributed by atoms with Gasteiger partial charge in [-0.3, -0.25) is 4.57 Å². The van der Waals surface area contributed by atoms with Crippen LogP contribution in [-0.2, 0) is 0 Å². The summed E-state index contributed by atoms with van der Waals surface area (Å²) in [4.78, 5) is 13.0. The molecule has 0 aliphatic heterocycles. The number of para-hydroxylation sites is 2. The van der Waals surface area contributed by atoms with Crippen LogP contribution in [0, 0.1) is 13.8 Å². The van der Waals surface area contributed by atoms with Crippen LogP contribution in [0.3, 0.4) is 0 Å². The van der Waals surface area contributed by atoms with E-state index >= 15 is 0 Å². The highest BCUT2D eigenvalue weighted by atomic mass is 15.2. The number of hydrogen-bond acceptors (Lipinski definition) is 5. The fraction of sp³-hybridized carbons (Fsp3) is 0.105. The molecule has 0 aliphatic rings. The second-order valence-electron chi connectivity index (χ2n) is 5.99. The first-order valence-corrected chi connectivity index (χ1v) is 8.00. The minimum Gasteiger partial charge on any atom is -0.393 e. The molecule has 124 valence electrons. The molecule has 2 aromatic carbocycles. The van der Waals surface area contributed by atoms with Crippen molar-refractivity contribution >= 4 is 28.2 Å². The maximum absolute atomic E-state index is 6.35. The summed E-state index contributed by atoms with van der Waals surface area (Å²) >= 11 is 0. The van der Waals surface area contributed by atoms with Crippen LogP contribution in [0.5, 0.6) is 0 Å². The minimum atomic E-state index is 0.476. The third-order valence-electron chi connectivity index (χ3n) is 4.31. The molecule has 0 unspecified atom stereocenters. The monoisotopic (exact) mass is 330 g/mol. The quantitative estimate of drug-likeness (QED) is 0.598. The molecule has 2 aromatic heterocycles. The summed E-state index contributed by atoms with van der Waals surface area (Å²) in [6.07, 6.45) is 3.23. The fourth-order valence-electron chi connectivity index (χ4n) is 2.76. The van der Waals surface area contributed by atoms with Crippen molar-refractivity contribution in [2.75, 3.05) is 11.1 Å². The zero-order valence-electron chi connectivity index (χ0n) is 14.1. The van der Waals surface area contributed by atoms with E-state index in [2.05, 4.69) is 46.2 Å². The van der Waals surface area contributed by atoms with E-state index in [1.54, 1.807) is 6.33 Å². The van der Waals surface area contributed by atoms with Crippen molar-refractivity contribution < 1.29 is 0 Å². The number of nitrogens with zero attached hydrogens (tertiary/aromatic N) is 4. The van der Waals surface area contributed by atoms with Gasteiger partial charge in [0.25, 0.3) is 0 Å². The number of aromatic nitrogens is 4. The zero-order valence-corrected chi connectivity index (χ0v) is 14.1. The average Bonchev–Trinajstić information content (AvgIpc) is 3.04. The van der Waals surface area contributed by atoms with Gasteiger partial charge in [0.15, 0.2) is 11.6 Å². The molecule has 0 saturated carbocycles. The van der Waals surface area contributed by atoms with E-state index in [0.717, 1.165) is 16.7 Å². The number of benzene rings is 2. The molecule has 0 aliphatic carbocycles. The number of aryl methyl sites for hydroxylation is 2. The van der Waals surface area contributed by atoms with Crippen molar-refractivity contribution in [3.05, 3.63) is 66.2 Å². The number of rotatable bonds is 3. The number of nitrogens with two attached hydrogens (primary N) is 1. The summed E-state index contributed by atoms with van der Waals surface area (Å²) < 4.78 is 1.87. The average molecular weight is 330 g/mol. The van der Waals surface area contributed by atoms with Gasteiger partial charge in [-0.15, -0.1) is 0 Å². The Hall–Kier alpha value is -3.41. The van der Waals surface area contributed by atoms with E-state index in [4.69, 9.17) is 5.73 Å².